The highest BCUT2D eigenvalue weighted by atomic mass is 16.5. The standard InChI is InChI=1S/C19H32O/c1-8-15(5)17(7)19(16(6)9-2)20-18-11-13(3)10-14(4)12-18/h1,13-14,16-19H,5,9-12H2,2-4,6-7H3/t13?,14?,16-,17?,18?,19+/m1/s1. The number of hydrogen-bond donors (Lipinski definition) is 0. The molecule has 114 valence electrons. The van der Waals surface area contributed by atoms with Gasteiger partial charge in [0, 0.05) is 5.92 Å². The molecular weight excluding hydrogens is 244 g/mol. The second-order valence-electron chi connectivity index (χ2n) is 6.98. The number of terminal acetylenes is 1. The lowest BCUT2D eigenvalue weighted by Gasteiger charge is -2.37. The van der Waals surface area contributed by atoms with Gasteiger partial charge in [0.25, 0.3) is 0 Å². The van der Waals surface area contributed by atoms with Crippen LogP contribution in [0, 0.1) is 36.0 Å². The van der Waals surface area contributed by atoms with Crippen LogP contribution >= 0.6 is 0 Å². The topological polar surface area (TPSA) is 9.23 Å². The summed E-state index contributed by atoms with van der Waals surface area (Å²) in [4.78, 5) is 0. The summed E-state index contributed by atoms with van der Waals surface area (Å²) in [6.07, 6.45) is 10.9. The first kappa shape index (κ1) is 17.3. The maximum Gasteiger partial charge on any atom is 0.0676 e. The molecule has 0 radical (unpaired) electrons. The Bertz CT molecular complexity index is 341. The van der Waals surface area contributed by atoms with E-state index in [2.05, 4.69) is 47.1 Å². The van der Waals surface area contributed by atoms with Crippen LogP contribution in [0.1, 0.15) is 60.3 Å². The van der Waals surface area contributed by atoms with Gasteiger partial charge in [0.15, 0.2) is 0 Å². The van der Waals surface area contributed by atoms with E-state index >= 15 is 0 Å². The lowest BCUT2D eigenvalue weighted by molar-refractivity contribution is -0.0858. The summed E-state index contributed by atoms with van der Waals surface area (Å²) in [5.74, 6) is 5.00. The summed E-state index contributed by atoms with van der Waals surface area (Å²) >= 11 is 0. The van der Waals surface area contributed by atoms with Crippen molar-refractivity contribution in [2.24, 2.45) is 23.7 Å². The number of rotatable bonds is 6. The molecule has 0 aromatic heterocycles. The van der Waals surface area contributed by atoms with Crippen LogP contribution in [0.3, 0.4) is 0 Å². The molecule has 0 aromatic rings. The summed E-state index contributed by atoms with van der Waals surface area (Å²) < 4.78 is 6.51. The van der Waals surface area contributed by atoms with Crippen molar-refractivity contribution in [2.75, 3.05) is 0 Å². The molecule has 1 nitrogen and oxygen atoms in total. The van der Waals surface area contributed by atoms with Crippen LogP contribution in [-0.2, 0) is 4.74 Å². The molecule has 3 unspecified atom stereocenters. The van der Waals surface area contributed by atoms with Gasteiger partial charge in [-0.3, -0.25) is 0 Å². The fourth-order valence-electron chi connectivity index (χ4n) is 3.51. The van der Waals surface area contributed by atoms with Crippen LogP contribution in [0.5, 0.6) is 0 Å². The highest BCUT2D eigenvalue weighted by Crippen LogP contribution is 2.34. The van der Waals surface area contributed by atoms with Gasteiger partial charge in [-0.05, 0) is 42.6 Å². The first-order chi connectivity index (χ1) is 9.38. The van der Waals surface area contributed by atoms with Gasteiger partial charge >= 0.3 is 0 Å². The minimum Gasteiger partial charge on any atom is -0.374 e. The molecule has 20 heavy (non-hydrogen) atoms. The third-order valence-corrected chi connectivity index (χ3v) is 4.92. The highest BCUT2D eigenvalue weighted by molar-refractivity contribution is 5.25. The van der Waals surface area contributed by atoms with E-state index < -0.39 is 0 Å². The first-order valence-corrected chi connectivity index (χ1v) is 8.19. The quantitative estimate of drug-likeness (QED) is 0.616. The second-order valence-corrected chi connectivity index (χ2v) is 6.98. The molecule has 1 fully saturated rings. The van der Waals surface area contributed by atoms with E-state index in [9.17, 15) is 0 Å². The molecule has 1 rings (SSSR count). The van der Waals surface area contributed by atoms with E-state index in [-0.39, 0.29) is 12.0 Å². The smallest absolute Gasteiger partial charge is 0.0676 e. The molecule has 0 aromatic carbocycles. The third-order valence-electron chi connectivity index (χ3n) is 4.92. The van der Waals surface area contributed by atoms with Gasteiger partial charge in [0.1, 0.15) is 0 Å². The zero-order valence-electron chi connectivity index (χ0n) is 14.0. The van der Waals surface area contributed by atoms with Crippen molar-refractivity contribution in [3.63, 3.8) is 0 Å². The molecule has 0 bridgehead atoms. The lowest BCUT2D eigenvalue weighted by Crippen LogP contribution is -2.37. The Kier molecular flexibility index (Phi) is 6.83. The molecule has 0 heterocycles. The highest BCUT2D eigenvalue weighted by Gasteiger charge is 2.31. The Hall–Kier alpha value is -0.740. The molecule has 1 heteroatoms. The van der Waals surface area contributed by atoms with Crippen LogP contribution in [-0.4, -0.2) is 12.2 Å². The van der Waals surface area contributed by atoms with Crippen LogP contribution < -0.4 is 0 Å². The SMILES string of the molecule is C#CC(=C)C(C)[C@@H](OC1CC(C)CC(C)C1)[C@H](C)CC. The Morgan fingerprint density at radius 2 is 1.80 bits per heavy atom. The summed E-state index contributed by atoms with van der Waals surface area (Å²) in [5, 5.41) is 0. The molecule has 1 aliphatic rings. The molecule has 0 amide bonds. The van der Waals surface area contributed by atoms with E-state index in [0.717, 1.165) is 23.8 Å². The third kappa shape index (κ3) is 4.67. The van der Waals surface area contributed by atoms with Crippen molar-refractivity contribution in [3.8, 4) is 12.3 Å². The van der Waals surface area contributed by atoms with Gasteiger partial charge in [-0.15, -0.1) is 6.42 Å². The van der Waals surface area contributed by atoms with Crippen molar-refractivity contribution in [1.29, 1.82) is 0 Å². The van der Waals surface area contributed by atoms with Crippen molar-refractivity contribution >= 4 is 0 Å². The molecule has 1 aliphatic carbocycles. The van der Waals surface area contributed by atoms with Crippen molar-refractivity contribution in [3.05, 3.63) is 12.2 Å². The Labute approximate surface area is 126 Å². The van der Waals surface area contributed by atoms with Crippen LogP contribution in [0.15, 0.2) is 12.2 Å². The fourth-order valence-corrected chi connectivity index (χ4v) is 3.51. The molecule has 0 aliphatic heterocycles. The lowest BCUT2D eigenvalue weighted by atomic mass is 9.81. The molecule has 5 atom stereocenters. The Morgan fingerprint density at radius 3 is 2.25 bits per heavy atom. The molecular formula is C19H32O. The number of ether oxygens (including phenoxy) is 1. The maximum absolute atomic E-state index is 6.51. The van der Waals surface area contributed by atoms with Gasteiger partial charge in [0.05, 0.1) is 12.2 Å². The Morgan fingerprint density at radius 1 is 1.25 bits per heavy atom. The van der Waals surface area contributed by atoms with E-state index in [0.29, 0.717) is 12.0 Å². The van der Waals surface area contributed by atoms with Crippen LogP contribution in [0.4, 0.5) is 0 Å². The largest absolute Gasteiger partial charge is 0.374 e. The molecule has 1 saturated carbocycles. The molecule has 0 N–H and O–H groups in total. The normalized spacial score (nSPS) is 31.1. The van der Waals surface area contributed by atoms with E-state index in [1.807, 2.05) is 0 Å². The van der Waals surface area contributed by atoms with Crippen molar-refractivity contribution in [2.45, 2.75) is 72.5 Å². The summed E-state index contributed by atoms with van der Waals surface area (Å²) in [6.45, 7) is 15.3. The predicted octanol–water partition coefficient (Wildman–Crippen LogP) is 5.07. The van der Waals surface area contributed by atoms with Gasteiger partial charge in [-0.2, -0.15) is 0 Å². The van der Waals surface area contributed by atoms with Gasteiger partial charge in [0.2, 0.25) is 0 Å². The van der Waals surface area contributed by atoms with Gasteiger partial charge < -0.3 is 4.74 Å². The zero-order valence-corrected chi connectivity index (χ0v) is 14.0. The maximum atomic E-state index is 6.51. The summed E-state index contributed by atoms with van der Waals surface area (Å²) in [5.41, 5.74) is 0.868. The second kappa shape index (κ2) is 7.89. The first-order valence-electron chi connectivity index (χ1n) is 8.19. The van der Waals surface area contributed by atoms with E-state index in [1.54, 1.807) is 0 Å². The van der Waals surface area contributed by atoms with E-state index in [4.69, 9.17) is 11.2 Å². The average molecular weight is 276 g/mol. The van der Waals surface area contributed by atoms with Crippen molar-refractivity contribution in [1.82, 2.24) is 0 Å². The van der Waals surface area contributed by atoms with Crippen LogP contribution in [0.25, 0.3) is 0 Å². The van der Waals surface area contributed by atoms with Crippen molar-refractivity contribution < 1.29 is 4.74 Å². The Balaban J connectivity index is 2.74. The fraction of sp³-hybridized carbons (Fsp3) is 0.789. The molecule has 0 spiro atoms. The van der Waals surface area contributed by atoms with Gasteiger partial charge in [-0.25, -0.2) is 0 Å². The van der Waals surface area contributed by atoms with E-state index in [1.165, 1.54) is 19.3 Å². The minimum absolute atomic E-state index is 0.200. The average Bonchev–Trinajstić information content (AvgIpc) is 2.41. The summed E-state index contributed by atoms with van der Waals surface area (Å²) in [6, 6.07) is 0. The monoisotopic (exact) mass is 276 g/mol. The zero-order chi connectivity index (χ0) is 15.3. The van der Waals surface area contributed by atoms with Gasteiger partial charge in [-0.1, -0.05) is 53.5 Å². The van der Waals surface area contributed by atoms with Crippen LogP contribution in [0.2, 0.25) is 0 Å². The number of hydrogen-bond acceptors (Lipinski definition) is 1. The minimum atomic E-state index is 0.200. The molecule has 0 saturated heterocycles. The predicted molar refractivity (Wildman–Crippen MR) is 87.4 cm³/mol. The summed E-state index contributed by atoms with van der Waals surface area (Å²) in [7, 11) is 0.